The van der Waals surface area contributed by atoms with Gasteiger partial charge in [-0.25, -0.2) is 0 Å². The van der Waals surface area contributed by atoms with E-state index in [9.17, 15) is 0 Å². The van der Waals surface area contributed by atoms with E-state index in [4.69, 9.17) is 10.5 Å². The largest absolute Gasteiger partial charge is 0.265 e. The van der Waals surface area contributed by atoms with E-state index < -0.39 is 0 Å². The standard InChI is InChI=1S/2C7H5N.2C5H5N.2ClH/c2*8-6-7-4-2-1-3-5-7;2*1-2-4-6-5-3-1;;/h2*1-5H;2*1-5H;2*1H. The zero-order valence-electron chi connectivity index (χ0n) is 16.2. The van der Waals surface area contributed by atoms with Crippen LogP contribution in [0.3, 0.4) is 0 Å². The minimum absolute atomic E-state index is 0. The molecule has 4 nitrogen and oxygen atoms in total. The minimum atomic E-state index is 0. The maximum absolute atomic E-state index is 8.29. The highest BCUT2D eigenvalue weighted by atomic mass is 35.5. The topological polar surface area (TPSA) is 73.4 Å². The van der Waals surface area contributed by atoms with Crippen LogP contribution in [0.5, 0.6) is 0 Å². The SMILES string of the molecule is Cl.Cl.N#Cc1ccccc1.N#Cc1ccccc1.c1ccncc1.c1ccncc1. The first-order valence-electron chi connectivity index (χ1n) is 8.47. The zero-order chi connectivity index (χ0) is 20.1. The Kier molecular flexibility index (Phi) is 20.5. The Balaban J connectivity index is 0. The van der Waals surface area contributed by atoms with Crippen LogP contribution >= 0.6 is 24.8 Å². The molecule has 4 rings (SSSR count). The Hall–Kier alpha value is -3.70. The molecule has 30 heavy (non-hydrogen) atoms. The van der Waals surface area contributed by atoms with Crippen LogP contribution in [0.1, 0.15) is 11.1 Å². The van der Waals surface area contributed by atoms with E-state index >= 15 is 0 Å². The fourth-order valence-corrected chi connectivity index (χ4v) is 1.65. The smallest absolute Gasteiger partial charge is 0.0991 e. The van der Waals surface area contributed by atoms with Gasteiger partial charge in [0.15, 0.2) is 0 Å². The van der Waals surface area contributed by atoms with Gasteiger partial charge in [-0.15, -0.1) is 24.8 Å². The minimum Gasteiger partial charge on any atom is -0.265 e. The third kappa shape index (κ3) is 16.5. The lowest BCUT2D eigenvalue weighted by Crippen LogP contribution is -1.66. The van der Waals surface area contributed by atoms with Crippen molar-refractivity contribution in [3.05, 3.63) is 133 Å². The molecule has 2 aromatic heterocycles. The van der Waals surface area contributed by atoms with Gasteiger partial charge in [0, 0.05) is 24.8 Å². The lowest BCUT2D eigenvalue weighted by molar-refractivity contribution is 1.33. The van der Waals surface area contributed by atoms with Crippen molar-refractivity contribution in [1.82, 2.24) is 9.97 Å². The normalized spacial score (nSPS) is 7.40. The van der Waals surface area contributed by atoms with E-state index in [1.807, 2.05) is 84.9 Å². The van der Waals surface area contributed by atoms with Gasteiger partial charge in [-0.3, -0.25) is 9.97 Å². The van der Waals surface area contributed by atoms with E-state index in [-0.39, 0.29) is 24.8 Å². The zero-order valence-corrected chi connectivity index (χ0v) is 17.8. The number of hydrogen-bond acceptors (Lipinski definition) is 4. The molecule has 6 heteroatoms. The van der Waals surface area contributed by atoms with E-state index in [1.54, 1.807) is 49.1 Å². The van der Waals surface area contributed by atoms with Gasteiger partial charge < -0.3 is 0 Å². The molecule has 0 saturated carbocycles. The third-order valence-electron chi connectivity index (χ3n) is 2.94. The summed E-state index contributed by atoms with van der Waals surface area (Å²) < 4.78 is 0. The average Bonchev–Trinajstić information content (AvgIpc) is 2.83. The van der Waals surface area contributed by atoms with Gasteiger partial charge in [-0.05, 0) is 48.5 Å². The number of nitriles is 2. The summed E-state index contributed by atoms with van der Waals surface area (Å²) in [4.78, 5) is 7.57. The van der Waals surface area contributed by atoms with Gasteiger partial charge in [-0.1, -0.05) is 48.5 Å². The highest BCUT2D eigenvalue weighted by molar-refractivity contribution is 5.85. The number of halogens is 2. The Morgan fingerprint density at radius 2 is 0.700 bits per heavy atom. The molecule has 4 aromatic rings. The van der Waals surface area contributed by atoms with Crippen LogP contribution in [0.25, 0.3) is 0 Å². The first-order valence-corrected chi connectivity index (χ1v) is 8.47. The summed E-state index contributed by atoms with van der Waals surface area (Å²) in [5, 5.41) is 16.6. The predicted molar refractivity (Wildman–Crippen MR) is 125 cm³/mol. The maximum atomic E-state index is 8.29. The van der Waals surface area contributed by atoms with Crippen molar-refractivity contribution in [3.8, 4) is 12.1 Å². The molecule has 0 N–H and O–H groups in total. The molecule has 0 fully saturated rings. The van der Waals surface area contributed by atoms with Crippen LogP contribution in [0.15, 0.2) is 122 Å². The van der Waals surface area contributed by atoms with Crippen molar-refractivity contribution in [1.29, 1.82) is 10.5 Å². The van der Waals surface area contributed by atoms with Crippen molar-refractivity contribution < 1.29 is 0 Å². The van der Waals surface area contributed by atoms with Crippen LogP contribution in [0, 0.1) is 22.7 Å². The van der Waals surface area contributed by atoms with Crippen LogP contribution in [-0.2, 0) is 0 Å². The molecule has 0 unspecified atom stereocenters. The summed E-state index contributed by atoms with van der Waals surface area (Å²) in [5.74, 6) is 0. The second kappa shape index (κ2) is 21.6. The van der Waals surface area contributed by atoms with Crippen molar-refractivity contribution in [2.45, 2.75) is 0 Å². The van der Waals surface area contributed by atoms with Crippen molar-refractivity contribution >= 4 is 24.8 Å². The van der Waals surface area contributed by atoms with Gasteiger partial charge in [0.25, 0.3) is 0 Å². The summed E-state index contributed by atoms with van der Waals surface area (Å²) in [5.41, 5.74) is 1.43. The van der Waals surface area contributed by atoms with Crippen LogP contribution in [-0.4, -0.2) is 9.97 Å². The van der Waals surface area contributed by atoms with Gasteiger partial charge in [-0.2, -0.15) is 10.5 Å². The predicted octanol–water partition coefficient (Wildman–Crippen LogP) is 6.12. The molecule has 0 aliphatic carbocycles. The van der Waals surface area contributed by atoms with Crippen LogP contribution in [0.2, 0.25) is 0 Å². The monoisotopic (exact) mass is 436 g/mol. The molecule has 0 aliphatic heterocycles. The number of benzene rings is 2. The maximum Gasteiger partial charge on any atom is 0.0991 e. The number of pyridine rings is 2. The molecule has 0 amide bonds. The molecule has 0 bridgehead atoms. The highest BCUT2D eigenvalue weighted by Crippen LogP contribution is 1.93. The lowest BCUT2D eigenvalue weighted by Gasteiger charge is -1.80. The summed E-state index contributed by atoms with van der Waals surface area (Å²) >= 11 is 0. The second-order valence-electron chi connectivity index (χ2n) is 5.00. The Labute approximate surface area is 190 Å². The average molecular weight is 437 g/mol. The van der Waals surface area contributed by atoms with Crippen molar-refractivity contribution in [3.63, 3.8) is 0 Å². The molecular formula is C24H22Cl2N4. The summed E-state index contributed by atoms with van der Waals surface area (Å²) in [6, 6.07) is 33.8. The molecule has 0 radical (unpaired) electrons. The van der Waals surface area contributed by atoms with E-state index in [1.165, 1.54) is 0 Å². The summed E-state index contributed by atoms with van der Waals surface area (Å²) in [6.07, 6.45) is 7.00. The Morgan fingerprint density at radius 3 is 0.833 bits per heavy atom. The van der Waals surface area contributed by atoms with Gasteiger partial charge in [0.1, 0.15) is 0 Å². The Morgan fingerprint density at radius 1 is 0.433 bits per heavy atom. The van der Waals surface area contributed by atoms with E-state index in [0.717, 1.165) is 0 Å². The quantitative estimate of drug-likeness (QED) is 0.332. The number of hydrogen-bond donors (Lipinski definition) is 0. The highest BCUT2D eigenvalue weighted by Gasteiger charge is 1.80. The Bertz CT molecular complexity index is 790. The van der Waals surface area contributed by atoms with Crippen LogP contribution < -0.4 is 0 Å². The van der Waals surface area contributed by atoms with E-state index in [2.05, 4.69) is 9.97 Å². The first-order chi connectivity index (χ1) is 13.9. The summed E-state index contributed by atoms with van der Waals surface area (Å²) in [7, 11) is 0. The molecule has 2 aromatic carbocycles. The molecular weight excluding hydrogens is 415 g/mol. The third-order valence-corrected chi connectivity index (χ3v) is 2.94. The van der Waals surface area contributed by atoms with Gasteiger partial charge >= 0.3 is 0 Å². The summed E-state index contributed by atoms with van der Waals surface area (Å²) in [6.45, 7) is 0. The molecule has 0 atom stereocenters. The van der Waals surface area contributed by atoms with Crippen molar-refractivity contribution in [2.24, 2.45) is 0 Å². The van der Waals surface area contributed by atoms with E-state index in [0.29, 0.717) is 11.1 Å². The van der Waals surface area contributed by atoms with Gasteiger partial charge in [0.05, 0.1) is 23.3 Å². The lowest BCUT2D eigenvalue weighted by atomic mass is 10.2. The van der Waals surface area contributed by atoms with Gasteiger partial charge in [0.2, 0.25) is 0 Å². The number of rotatable bonds is 0. The first kappa shape index (κ1) is 28.5. The molecule has 0 saturated heterocycles. The fraction of sp³-hybridized carbons (Fsp3) is 0. The fourth-order valence-electron chi connectivity index (χ4n) is 1.65. The molecule has 2 heterocycles. The number of aromatic nitrogens is 2. The second-order valence-corrected chi connectivity index (χ2v) is 5.00. The molecule has 0 aliphatic rings. The molecule has 152 valence electrons. The van der Waals surface area contributed by atoms with Crippen LogP contribution in [0.4, 0.5) is 0 Å². The van der Waals surface area contributed by atoms with Crippen molar-refractivity contribution in [2.75, 3.05) is 0 Å². The number of nitrogens with zero attached hydrogens (tertiary/aromatic N) is 4. The molecule has 0 spiro atoms.